The van der Waals surface area contributed by atoms with Crippen LogP contribution in [0.3, 0.4) is 0 Å². The monoisotopic (exact) mass is 179 g/mol. The largest absolute Gasteiger partial charge is 0.316 e. The van der Waals surface area contributed by atoms with Gasteiger partial charge in [0, 0.05) is 12.5 Å². The molecule has 1 atom stereocenters. The summed E-state index contributed by atoms with van der Waals surface area (Å²) in [4.78, 5) is 0. The topological polar surface area (TPSA) is 12.0 Å². The van der Waals surface area contributed by atoms with Gasteiger partial charge in [-0.05, 0) is 19.4 Å². The first-order valence-electron chi connectivity index (χ1n) is 5.47. The van der Waals surface area contributed by atoms with E-state index in [1.54, 1.807) is 0 Å². The zero-order chi connectivity index (χ0) is 9.52. The summed E-state index contributed by atoms with van der Waals surface area (Å²) in [5.74, 6) is 3.68. The van der Waals surface area contributed by atoms with Crippen molar-refractivity contribution in [2.45, 2.75) is 51.0 Å². The molecule has 1 N–H and O–H groups in total. The van der Waals surface area contributed by atoms with Gasteiger partial charge in [0.15, 0.2) is 0 Å². The molecule has 0 aromatic carbocycles. The molecule has 1 saturated carbocycles. The van der Waals surface area contributed by atoms with E-state index in [0.717, 1.165) is 12.3 Å². The molecule has 1 rings (SSSR count). The summed E-state index contributed by atoms with van der Waals surface area (Å²) < 4.78 is 0. The molecule has 1 unspecified atom stereocenters. The molecule has 1 nitrogen and oxygen atoms in total. The highest BCUT2D eigenvalue weighted by Crippen LogP contribution is 2.27. The normalized spacial score (nSPS) is 20.9. The van der Waals surface area contributed by atoms with Gasteiger partial charge in [-0.2, -0.15) is 0 Å². The van der Waals surface area contributed by atoms with Gasteiger partial charge in [0.25, 0.3) is 0 Å². The van der Waals surface area contributed by atoms with E-state index in [1.165, 1.54) is 38.5 Å². The minimum atomic E-state index is 0.549. The molecule has 1 aliphatic carbocycles. The molecular weight excluding hydrogens is 158 g/mol. The molecule has 0 heterocycles. The van der Waals surface area contributed by atoms with Crippen LogP contribution in [0, 0.1) is 18.3 Å². The lowest BCUT2D eigenvalue weighted by Gasteiger charge is -2.25. The Hall–Kier alpha value is -0.480. The number of hydrogen-bond donors (Lipinski definition) is 1. The fourth-order valence-electron chi connectivity index (χ4n) is 2.27. The van der Waals surface area contributed by atoms with Crippen molar-refractivity contribution in [1.29, 1.82) is 0 Å². The lowest BCUT2D eigenvalue weighted by atomic mass is 9.84. The van der Waals surface area contributed by atoms with Gasteiger partial charge >= 0.3 is 0 Å². The third-order valence-corrected chi connectivity index (χ3v) is 3.12. The second-order valence-corrected chi connectivity index (χ2v) is 4.13. The van der Waals surface area contributed by atoms with Gasteiger partial charge in [-0.25, -0.2) is 0 Å². The predicted octanol–water partition coefficient (Wildman–Crippen LogP) is 2.57. The van der Waals surface area contributed by atoms with Gasteiger partial charge in [0.1, 0.15) is 0 Å². The Bertz CT molecular complexity index is 162. The molecule has 0 bridgehead atoms. The van der Waals surface area contributed by atoms with Gasteiger partial charge < -0.3 is 5.32 Å². The third-order valence-electron chi connectivity index (χ3n) is 3.12. The van der Waals surface area contributed by atoms with E-state index in [1.807, 2.05) is 7.05 Å². The molecule has 74 valence electrons. The smallest absolute Gasteiger partial charge is 0.0240 e. The minimum Gasteiger partial charge on any atom is -0.316 e. The van der Waals surface area contributed by atoms with E-state index in [4.69, 9.17) is 6.42 Å². The SMILES string of the molecule is C#CCC(CC1CCCCC1)NC. The van der Waals surface area contributed by atoms with Gasteiger partial charge in [-0.1, -0.05) is 32.1 Å². The summed E-state index contributed by atoms with van der Waals surface area (Å²) in [6.07, 6.45) is 14.6. The van der Waals surface area contributed by atoms with Gasteiger partial charge in [0.05, 0.1) is 0 Å². The van der Waals surface area contributed by atoms with E-state index >= 15 is 0 Å². The average molecular weight is 179 g/mol. The van der Waals surface area contributed by atoms with Crippen LogP contribution < -0.4 is 5.32 Å². The minimum absolute atomic E-state index is 0.549. The fourth-order valence-corrected chi connectivity index (χ4v) is 2.27. The van der Waals surface area contributed by atoms with E-state index < -0.39 is 0 Å². The fraction of sp³-hybridized carbons (Fsp3) is 0.833. The summed E-state index contributed by atoms with van der Waals surface area (Å²) >= 11 is 0. The molecule has 0 aromatic heterocycles. The highest BCUT2D eigenvalue weighted by Gasteiger charge is 2.17. The summed E-state index contributed by atoms with van der Waals surface area (Å²) in [7, 11) is 2.02. The maximum absolute atomic E-state index is 5.32. The van der Waals surface area contributed by atoms with Crippen LogP contribution in [0.5, 0.6) is 0 Å². The molecule has 0 saturated heterocycles. The molecule has 1 aliphatic rings. The summed E-state index contributed by atoms with van der Waals surface area (Å²) in [5, 5.41) is 3.31. The lowest BCUT2D eigenvalue weighted by Crippen LogP contribution is -2.28. The number of nitrogens with one attached hydrogen (secondary N) is 1. The molecule has 1 fully saturated rings. The zero-order valence-corrected chi connectivity index (χ0v) is 8.68. The van der Waals surface area contributed by atoms with Gasteiger partial charge in [-0.15, -0.1) is 12.3 Å². The maximum atomic E-state index is 5.32. The lowest BCUT2D eigenvalue weighted by molar-refractivity contribution is 0.305. The number of terminal acetylenes is 1. The van der Waals surface area contributed by atoms with Crippen molar-refractivity contribution >= 4 is 0 Å². The van der Waals surface area contributed by atoms with Gasteiger partial charge in [0.2, 0.25) is 0 Å². The predicted molar refractivity (Wildman–Crippen MR) is 57.5 cm³/mol. The van der Waals surface area contributed by atoms with Crippen LogP contribution in [-0.2, 0) is 0 Å². The first-order chi connectivity index (χ1) is 6.36. The van der Waals surface area contributed by atoms with Crippen LogP contribution in [0.2, 0.25) is 0 Å². The maximum Gasteiger partial charge on any atom is 0.0240 e. The Morgan fingerprint density at radius 2 is 2.08 bits per heavy atom. The van der Waals surface area contributed by atoms with Crippen molar-refractivity contribution in [3.8, 4) is 12.3 Å². The first kappa shape index (κ1) is 10.6. The van der Waals surface area contributed by atoms with E-state index in [9.17, 15) is 0 Å². The van der Waals surface area contributed by atoms with Crippen LogP contribution in [-0.4, -0.2) is 13.1 Å². The molecule has 0 spiro atoms. The highest BCUT2D eigenvalue weighted by atomic mass is 14.9. The molecule has 0 radical (unpaired) electrons. The highest BCUT2D eigenvalue weighted by molar-refractivity contribution is 4.90. The molecular formula is C12H21N. The van der Waals surface area contributed by atoms with Gasteiger partial charge in [-0.3, -0.25) is 0 Å². The van der Waals surface area contributed by atoms with E-state index in [0.29, 0.717) is 6.04 Å². The van der Waals surface area contributed by atoms with Crippen LogP contribution in [0.4, 0.5) is 0 Å². The summed E-state index contributed by atoms with van der Waals surface area (Å²) in [6.45, 7) is 0. The van der Waals surface area contributed by atoms with Crippen LogP contribution in [0.25, 0.3) is 0 Å². The van der Waals surface area contributed by atoms with Crippen molar-refractivity contribution < 1.29 is 0 Å². The molecule has 0 aromatic rings. The van der Waals surface area contributed by atoms with Crippen molar-refractivity contribution in [2.75, 3.05) is 7.05 Å². The summed E-state index contributed by atoms with van der Waals surface area (Å²) in [6, 6.07) is 0.549. The molecule has 1 heteroatoms. The Morgan fingerprint density at radius 3 is 2.62 bits per heavy atom. The van der Waals surface area contributed by atoms with Crippen LogP contribution in [0.1, 0.15) is 44.9 Å². The third kappa shape index (κ3) is 3.83. The average Bonchev–Trinajstić information content (AvgIpc) is 2.19. The first-order valence-corrected chi connectivity index (χ1v) is 5.47. The van der Waals surface area contributed by atoms with Crippen LogP contribution >= 0.6 is 0 Å². The number of rotatable bonds is 4. The number of hydrogen-bond acceptors (Lipinski definition) is 1. The Morgan fingerprint density at radius 1 is 1.38 bits per heavy atom. The van der Waals surface area contributed by atoms with E-state index in [-0.39, 0.29) is 0 Å². The van der Waals surface area contributed by atoms with Crippen molar-refractivity contribution in [3.63, 3.8) is 0 Å². The van der Waals surface area contributed by atoms with Crippen molar-refractivity contribution in [3.05, 3.63) is 0 Å². The molecule has 0 amide bonds. The standard InChI is InChI=1S/C12H21N/c1-3-7-12(13-2)10-11-8-5-4-6-9-11/h1,11-13H,4-10H2,2H3. The quantitative estimate of drug-likeness (QED) is 0.654. The summed E-state index contributed by atoms with van der Waals surface area (Å²) in [5.41, 5.74) is 0. The second kappa shape index (κ2) is 6.05. The second-order valence-electron chi connectivity index (χ2n) is 4.13. The Kier molecular flexibility index (Phi) is 4.93. The zero-order valence-electron chi connectivity index (χ0n) is 8.68. The molecule has 13 heavy (non-hydrogen) atoms. The van der Waals surface area contributed by atoms with Crippen molar-refractivity contribution in [2.24, 2.45) is 5.92 Å². The Labute approximate surface area is 82.3 Å². The Balaban J connectivity index is 2.23. The molecule has 0 aliphatic heterocycles. The van der Waals surface area contributed by atoms with Crippen LogP contribution in [0.15, 0.2) is 0 Å². The van der Waals surface area contributed by atoms with Crippen molar-refractivity contribution in [1.82, 2.24) is 5.32 Å². The van der Waals surface area contributed by atoms with E-state index in [2.05, 4.69) is 11.2 Å².